The Hall–Kier alpha value is -0.460. The van der Waals surface area contributed by atoms with E-state index in [1.165, 1.54) is 24.8 Å². The van der Waals surface area contributed by atoms with Gasteiger partial charge in [-0.05, 0) is 31.3 Å². The molecular weight excluding hydrogens is 124 g/mol. The number of aliphatic hydroxyl groups is 1. The van der Waals surface area contributed by atoms with Gasteiger partial charge in [0.15, 0.2) is 0 Å². The van der Waals surface area contributed by atoms with Gasteiger partial charge in [-0.1, -0.05) is 13.3 Å². The minimum absolute atomic E-state index is 0.688. The number of hydrogen-bond donors (Lipinski definition) is 1. The molecule has 1 aliphatic carbocycles. The van der Waals surface area contributed by atoms with E-state index in [1.54, 1.807) is 0 Å². The predicted molar refractivity (Wildman–Crippen MR) is 43.0 cm³/mol. The van der Waals surface area contributed by atoms with Crippen LogP contribution in [0.4, 0.5) is 0 Å². The standard InChI is InChI=1S/C9H16O/c1-2-5-8-6-3-4-7-9(8)10/h10H,2-7H2,1H3. The molecule has 1 aliphatic rings. The predicted octanol–water partition coefficient (Wildman–Crippen LogP) is 3.17. The van der Waals surface area contributed by atoms with Crippen LogP contribution >= 0.6 is 0 Å². The van der Waals surface area contributed by atoms with Crippen molar-refractivity contribution in [2.75, 3.05) is 0 Å². The van der Waals surface area contributed by atoms with Gasteiger partial charge in [-0.2, -0.15) is 0 Å². The van der Waals surface area contributed by atoms with Crippen LogP contribution in [0.2, 0.25) is 0 Å². The first-order chi connectivity index (χ1) is 4.84. The fraction of sp³-hybridized carbons (Fsp3) is 0.778. The lowest BCUT2D eigenvalue weighted by molar-refractivity contribution is 0.354. The number of allylic oxidation sites excluding steroid dienone is 2. The van der Waals surface area contributed by atoms with E-state index in [-0.39, 0.29) is 0 Å². The van der Waals surface area contributed by atoms with Crippen LogP contribution in [0.15, 0.2) is 11.3 Å². The Morgan fingerprint density at radius 3 is 2.60 bits per heavy atom. The molecule has 1 rings (SSSR count). The molecule has 0 atom stereocenters. The SMILES string of the molecule is CCCC1=C(O)CCCC1. The maximum Gasteiger partial charge on any atom is 0.0914 e. The fourth-order valence-corrected chi connectivity index (χ4v) is 1.52. The number of hydrogen-bond acceptors (Lipinski definition) is 1. The highest BCUT2D eigenvalue weighted by Gasteiger charge is 2.09. The van der Waals surface area contributed by atoms with Gasteiger partial charge in [-0.3, -0.25) is 0 Å². The van der Waals surface area contributed by atoms with Crippen molar-refractivity contribution < 1.29 is 5.11 Å². The summed E-state index contributed by atoms with van der Waals surface area (Å²) in [7, 11) is 0. The molecule has 0 spiro atoms. The van der Waals surface area contributed by atoms with Crippen LogP contribution in [0.1, 0.15) is 45.4 Å². The van der Waals surface area contributed by atoms with Crippen molar-refractivity contribution in [1.29, 1.82) is 0 Å². The molecule has 0 aromatic carbocycles. The van der Waals surface area contributed by atoms with Crippen molar-refractivity contribution in [3.05, 3.63) is 11.3 Å². The molecule has 0 aromatic heterocycles. The summed E-state index contributed by atoms with van der Waals surface area (Å²) in [6.45, 7) is 2.16. The van der Waals surface area contributed by atoms with Gasteiger partial charge >= 0.3 is 0 Å². The second kappa shape index (κ2) is 3.65. The number of aliphatic hydroxyl groups excluding tert-OH is 1. The highest BCUT2D eigenvalue weighted by molar-refractivity contribution is 5.10. The summed E-state index contributed by atoms with van der Waals surface area (Å²) < 4.78 is 0. The minimum atomic E-state index is 0.688. The third kappa shape index (κ3) is 1.76. The molecule has 0 aromatic rings. The summed E-state index contributed by atoms with van der Waals surface area (Å²) >= 11 is 0. The lowest BCUT2D eigenvalue weighted by Crippen LogP contribution is -1.98. The van der Waals surface area contributed by atoms with E-state index in [0.29, 0.717) is 5.76 Å². The van der Waals surface area contributed by atoms with Gasteiger partial charge < -0.3 is 5.11 Å². The molecule has 0 saturated carbocycles. The summed E-state index contributed by atoms with van der Waals surface area (Å²) in [5.74, 6) is 0.688. The van der Waals surface area contributed by atoms with Crippen molar-refractivity contribution in [2.45, 2.75) is 45.4 Å². The molecule has 58 valence electrons. The molecule has 0 aliphatic heterocycles. The van der Waals surface area contributed by atoms with Crippen molar-refractivity contribution >= 4 is 0 Å². The molecule has 0 fully saturated rings. The molecule has 0 heterocycles. The molecule has 1 nitrogen and oxygen atoms in total. The molecule has 10 heavy (non-hydrogen) atoms. The van der Waals surface area contributed by atoms with Crippen LogP contribution in [0.5, 0.6) is 0 Å². The van der Waals surface area contributed by atoms with Crippen molar-refractivity contribution in [1.82, 2.24) is 0 Å². The van der Waals surface area contributed by atoms with Gasteiger partial charge in [-0.25, -0.2) is 0 Å². The molecule has 0 radical (unpaired) electrons. The topological polar surface area (TPSA) is 20.2 Å². The molecule has 0 saturated heterocycles. The highest BCUT2D eigenvalue weighted by atomic mass is 16.3. The van der Waals surface area contributed by atoms with E-state index in [9.17, 15) is 5.11 Å². The van der Waals surface area contributed by atoms with Gasteiger partial charge in [0, 0.05) is 6.42 Å². The molecule has 1 heteroatoms. The van der Waals surface area contributed by atoms with E-state index >= 15 is 0 Å². The molecule has 0 bridgehead atoms. The Balaban J connectivity index is 2.50. The zero-order valence-electron chi connectivity index (χ0n) is 6.69. The molecular formula is C9H16O. The van der Waals surface area contributed by atoms with E-state index in [2.05, 4.69) is 6.92 Å². The Morgan fingerprint density at radius 2 is 2.00 bits per heavy atom. The average molecular weight is 140 g/mol. The van der Waals surface area contributed by atoms with Crippen LogP contribution in [0, 0.1) is 0 Å². The lowest BCUT2D eigenvalue weighted by atomic mass is 9.95. The van der Waals surface area contributed by atoms with Crippen molar-refractivity contribution in [3.63, 3.8) is 0 Å². The van der Waals surface area contributed by atoms with Gasteiger partial charge in [-0.15, -0.1) is 0 Å². The lowest BCUT2D eigenvalue weighted by Gasteiger charge is -2.14. The first kappa shape index (κ1) is 7.64. The minimum Gasteiger partial charge on any atom is -0.512 e. The Kier molecular flexibility index (Phi) is 2.79. The van der Waals surface area contributed by atoms with E-state index in [4.69, 9.17) is 0 Å². The van der Waals surface area contributed by atoms with Gasteiger partial charge in [0.1, 0.15) is 0 Å². The van der Waals surface area contributed by atoms with Gasteiger partial charge in [0.2, 0.25) is 0 Å². The monoisotopic (exact) mass is 140 g/mol. The fourth-order valence-electron chi connectivity index (χ4n) is 1.52. The zero-order chi connectivity index (χ0) is 7.40. The zero-order valence-corrected chi connectivity index (χ0v) is 6.69. The maximum atomic E-state index is 9.38. The summed E-state index contributed by atoms with van der Waals surface area (Å²) in [4.78, 5) is 0. The second-order valence-electron chi connectivity index (χ2n) is 3.01. The summed E-state index contributed by atoms with van der Waals surface area (Å²) in [5.41, 5.74) is 1.31. The summed E-state index contributed by atoms with van der Waals surface area (Å²) in [5, 5.41) is 9.38. The van der Waals surface area contributed by atoms with Crippen LogP contribution in [-0.4, -0.2) is 5.11 Å². The van der Waals surface area contributed by atoms with Crippen LogP contribution in [-0.2, 0) is 0 Å². The van der Waals surface area contributed by atoms with Gasteiger partial charge in [0.25, 0.3) is 0 Å². The Bertz CT molecular complexity index is 136. The molecule has 1 N–H and O–H groups in total. The average Bonchev–Trinajstić information content (AvgIpc) is 1.94. The van der Waals surface area contributed by atoms with Crippen LogP contribution < -0.4 is 0 Å². The van der Waals surface area contributed by atoms with Gasteiger partial charge in [0.05, 0.1) is 5.76 Å². The molecule has 0 amide bonds. The van der Waals surface area contributed by atoms with Crippen LogP contribution in [0.3, 0.4) is 0 Å². The Labute approximate surface area is 62.8 Å². The first-order valence-electron chi connectivity index (χ1n) is 4.24. The largest absolute Gasteiger partial charge is 0.512 e. The third-order valence-electron chi connectivity index (χ3n) is 2.10. The summed E-state index contributed by atoms with van der Waals surface area (Å²) in [6.07, 6.45) is 6.79. The van der Waals surface area contributed by atoms with E-state index in [0.717, 1.165) is 19.3 Å². The van der Waals surface area contributed by atoms with Crippen molar-refractivity contribution in [2.24, 2.45) is 0 Å². The van der Waals surface area contributed by atoms with E-state index in [1.807, 2.05) is 0 Å². The summed E-state index contributed by atoms with van der Waals surface area (Å²) in [6, 6.07) is 0. The number of rotatable bonds is 2. The maximum absolute atomic E-state index is 9.38. The van der Waals surface area contributed by atoms with Crippen molar-refractivity contribution in [3.8, 4) is 0 Å². The molecule has 0 unspecified atom stereocenters. The second-order valence-corrected chi connectivity index (χ2v) is 3.01. The quantitative estimate of drug-likeness (QED) is 0.624. The third-order valence-corrected chi connectivity index (χ3v) is 2.10. The van der Waals surface area contributed by atoms with E-state index < -0.39 is 0 Å². The smallest absolute Gasteiger partial charge is 0.0914 e. The van der Waals surface area contributed by atoms with Crippen LogP contribution in [0.25, 0.3) is 0 Å². The first-order valence-corrected chi connectivity index (χ1v) is 4.24. The Morgan fingerprint density at radius 1 is 1.30 bits per heavy atom. The normalized spacial score (nSPS) is 19.7. The highest BCUT2D eigenvalue weighted by Crippen LogP contribution is 2.25.